The van der Waals surface area contributed by atoms with Crippen LogP contribution in [0.15, 0.2) is 53.4 Å². The topological polar surface area (TPSA) is 75.7 Å². The molecule has 3 rings (SSSR count). The maximum atomic E-state index is 12.8. The van der Waals surface area contributed by atoms with E-state index in [-0.39, 0.29) is 24.7 Å². The Kier molecular flexibility index (Phi) is 6.08. The highest BCUT2D eigenvalue weighted by Gasteiger charge is 2.27. The highest BCUT2D eigenvalue weighted by atomic mass is 32.2. The molecule has 0 radical (unpaired) electrons. The fourth-order valence-electron chi connectivity index (χ4n) is 2.53. The summed E-state index contributed by atoms with van der Waals surface area (Å²) in [4.78, 5) is 38.1. The number of anilines is 2. The maximum absolute atomic E-state index is 12.8. The van der Waals surface area contributed by atoms with Crippen LogP contribution in [-0.2, 0) is 19.1 Å². The maximum Gasteiger partial charge on any atom is 0.307 e. The lowest BCUT2D eigenvalue weighted by Gasteiger charge is -2.28. The van der Waals surface area contributed by atoms with Crippen molar-refractivity contribution in [2.45, 2.75) is 11.3 Å². The fraction of sp³-hybridized carbons (Fsp3) is 0.211. The van der Waals surface area contributed by atoms with Crippen LogP contribution >= 0.6 is 11.8 Å². The van der Waals surface area contributed by atoms with Gasteiger partial charge in [-0.05, 0) is 36.4 Å². The molecule has 0 atom stereocenters. The van der Waals surface area contributed by atoms with Crippen molar-refractivity contribution in [3.8, 4) is 0 Å². The Morgan fingerprint density at radius 2 is 1.89 bits per heavy atom. The third-order valence-electron chi connectivity index (χ3n) is 3.82. The number of carbonyl (C=O) groups is 3. The van der Waals surface area contributed by atoms with Gasteiger partial charge in [0, 0.05) is 10.6 Å². The molecule has 1 heterocycles. The molecule has 27 heavy (non-hydrogen) atoms. The number of benzene rings is 2. The summed E-state index contributed by atoms with van der Waals surface area (Å²) >= 11 is 1.39. The number of halogens is 1. The number of esters is 1. The van der Waals surface area contributed by atoms with Crippen molar-refractivity contribution >= 4 is 40.9 Å². The van der Waals surface area contributed by atoms with E-state index in [1.165, 1.54) is 28.8 Å². The minimum Gasteiger partial charge on any atom is -0.456 e. The Bertz CT molecular complexity index is 857. The van der Waals surface area contributed by atoms with Crippen molar-refractivity contribution in [3.05, 3.63) is 54.3 Å². The Labute approximate surface area is 159 Å². The van der Waals surface area contributed by atoms with Crippen molar-refractivity contribution in [3.63, 3.8) is 0 Å². The second-order valence-corrected chi connectivity index (χ2v) is 6.93. The van der Waals surface area contributed by atoms with E-state index >= 15 is 0 Å². The first-order chi connectivity index (χ1) is 13.0. The second-order valence-electron chi connectivity index (χ2n) is 5.76. The summed E-state index contributed by atoms with van der Waals surface area (Å²) in [5, 5.41) is 2.69. The van der Waals surface area contributed by atoms with Crippen molar-refractivity contribution < 1.29 is 23.5 Å². The number of amides is 2. The minimum absolute atomic E-state index is 0.117. The number of fused-ring (bicyclic) bond motifs is 1. The highest BCUT2D eigenvalue weighted by Crippen LogP contribution is 2.28. The van der Waals surface area contributed by atoms with Crippen LogP contribution in [-0.4, -0.2) is 36.7 Å². The van der Waals surface area contributed by atoms with Crippen LogP contribution in [0.5, 0.6) is 0 Å². The van der Waals surface area contributed by atoms with Gasteiger partial charge in [0.05, 0.1) is 17.8 Å². The lowest BCUT2D eigenvalue weighted by Crippen LogP contribution is -2.44. The van der Waals surface area contributed by atoms with E-state index in [0.717, 1.165) is 4.90 Å². The van der Waals surface area contributed by atoms with Crippen LogP contribution in [0.4, 0.5) is 15.8 Å². The van der Waals surface area contributed by atoms with Gasteiger partial charge in [-0.2, -0.15) is 0 Å². The van der Waals surface area contributed by atoms with Crippen LogP contribution in [0.3, 0.4) is 0 Å². The van der Waals surface area contributed by atoms with Crippen molar-refractivity contribution in [1.29, 1.82) is 0 Å². The van der Waals surface area contributed by atoms with Gasteiger partial charge in [0.1, 0.15) is 12.4 Å². The number of hydrogen-bond acceptors (Lipinski definition) is 5. The van der Waals surface area contributed by atoms with Crippen molar-refractivity contribution in [2.75, 3.05) is 29.1 Å². The molecule has 0 saturated heterocycles. The molecule has 2 aromatic carbocycles. The number of rotatable bonds is 6. The molecule has 0 unspecified atom stereocenters. The van der Waals surface area contributed by atoms with Crippen molar-refractivity contribution in [1.82, 2.24) is 0 Å². The molecule has 1 N–H and O–H groups in total. The molecule has 1 aliphatic heterocycles. The largest absolute Gasteiger partial charge is 0.456 e. The summed E-state index contributed by atoms with van der Waals surface area (Å²) in [6.07, 6.45) is 0.117. The quantitative estimate of drug-likeness (QED) is 0.608. The molecular weight excluding hydrogens is 371 g/mol. The van der Waals surface area contributed by atoms with Crippen LogP contribution in [0.1, 0.15) is 6.42 Å². The van der Waals surface area contributed by atoms with E-state index in [4.69, 9.17) is 4.74 Å². The Balaban J connectivity index is 1.47. The Morgan fingerprint density at radius 3 is 2.67 bits per heavy atom. The molecule has 140 valence electrons. The van der Waals surface area contributed by atoms with E-state index in [9.17, 15) is 18.8 Å². The predicted octanol–water partition coefficient (Wildman–Crippen LogP) is 2.84. The summed E-state index contributed by atoms with van der Waals surface area (Å²) in [6, 6.07) is 12.9. The summed E-state index contributed by atoms with van der Waals surface area (Å²) in [5.74, 6) is -1.13. The zero-order valence-corrected chi connectivity index (χ0v) is 15.1. The summed E-state index contributed by atoms with van der Waals surface area (Å²) < 4.78 is 17.9. The normalized spacial score (nSPS) is 12.9. The molecule has 0 fully saturated rings. The Morgan fingerprint density at radius 1 is 1.15 bits per heavy atom. The lowest BCUT2D eigenvalue weighted by molar-refractivity contribution is -0.147. The van der Waals surface area contributed by atoms with Crippen LogP contribution in [0.25, 0.3) is 0 Å². The number of hydrogen-bond donors (Lipinski definition) is 1. The summed E-state index contributed by atoms with van der Waals surface area (Å²) in [7, 11) is 0. The monoisotopic (exact) mass is 388 g/mol. The van der Waals surface area contributed by atoms with E-state index < -0.39 is 18.5 Å². The molecule has 1 aliphatic rings. The van der Waals surface area contributed by atoms with Gasteiger partial charge in [-0.3, -0.25) is 19.3 Å². The fourth-order valence-corrected chi connectivity index (χ4v) is 3.36. The zero-order chi connectivity index (χ0) is 19.2. The number of nitrogens with zero attached hydrogens (tertiary/aromatic N) is 1. The van der Waals surface area contributed by atoms with Crippen LogP contribution < -0.4 is 10.2 Å². The van der Waals surface area contributed by atoms with Gasteiger partial charge in [-0.15, -0.1) is 11.8 Å². The molecule has 0 aliphatic carbocycles. The molecule has 0 bridgehead atoms. The minimum atomic E-state index is -0.507. The number of thioether (sulfide) groups is 1. The van der Waals surface area contributed by atoms with Gasteiger partial charge >= 0.3 is 5.97 Å². The molecule has 2 amide bonds. The molecule has 2 aromatic rings. The highest BCUT2D eigenvalue weighted by molar-refractivity contribution is 7.99. The van der Waals surface area contributed by atoms with Gasteiger partial charge in [0.25, 0.3) is 5.91 Å². The number of para-hydroxylation sites is 2. The lowest BCUT2D eigenvalue weighted by atomic mass is 10.2. The third-order valence-corrected chi connectivity index (χ3v) is 4.83. The van der Waals surface area contributed by atoms with Crippen molar-refractivity contribution in [2.24, 2.45) is 0 Å². The molecule has 0 saturated carbocycles. The first-order valence-electron chi connectivity index (χ1n) is 8.26. The van der Waals surface area contributed by atoms with E-state index in [2.05, 4.69) is 5.32 Å². The molecule has 8 heteroatoms. The second kappa shape index (κ2) is 8.68. The van der Waals surface area contributed by atoms with Gasteiger partial charge in [-0.1, -0.05) is 12.1 Å². The van der Waals surface area contributed by atoms with Gasteiger partial charge in [0.2, 0.25) is 5.91 Å². The third kappa shape index (κ3) is 5.07. The van der Waals surface area contributed by atoms with Crippen LogP contribution in [0, 0.1) is 5.82 Å². The van der Waals surface area contributed by atoms with E-state index in [1.54, 1.807) is 36.4 Å². The van der Waals surface area contributed by atoms with Gasteiger partial charge < -0.3 is 10.1 Å². The van der Waals surface area contributed by atoms with Gasteiger partial charge in [-0.25, -0.2) is 4.39 Å². The first kappa shape index (κ1) is 18.9. The average Bonchev–Trinajstić information content (AvgIpc) is 2.67. The molecular formula is C19H17FN2O4S. The summed E-state index contributed by atoms with van der Waals surface area (Å²) in [6.45, 7) is -0.546. The number of ether oxygens (including phenoxy) is 1. The first-order valence-corrected chi connectivity index (χ1v) is 9.25. The standard InChI is InChI=1S/C19H17FN2O4S/c20-13-5-7-14(8-6-13)27-10-9-19(25)26-12-18(24)22-11-17(23)21-15-3-1-2-4-16(15)22/h1-8H,9-12H2,(H,21,23). The predicted molar refractivity (Wildman–Crippen MR) is 100 cm³/mol. The number of nitrogens with one attached hydrogen (secondary N) is 1. The summed E-state index contributed by atoms with van der Waals surface area (Å²) in [5.41, 5.74) is 1.12. The molecule has 0 spiro atoms. The van der Waals surface area contributed by atoms with Crippen LogP contribution in [0.2, 0.25) is 0 Å². The SMILES string of the molecule is O=C1CN(C(=O)COC(=O)CCSc2ccc(F)cc2)c2ccccc2N1. The smallest absolute Gasteiger partial charge is 0.307 e. The van der Waals surface area contributed by atoms with E-state index in [0.29, 0.717) is 17.1 Å². The molecule has 6 nitrogen and oxygen atoms in total. The number of carbonyl (C=O) groups excluding carboxylic acids is 3. The van der Waals surface area contributed by atoms with E-state index in [1.807, 2.05) is 0 Å². The van der Waals surface area contributed by atoms with Gasteiger partial charge in [0.15, 0.2) is 6.61 Å². The zero-order valence-electron chi connectivity index (χ0n) is 14.3. The Hall–Kier alpha value is -2.87. The molecule has 0 aromatic heterocycles. The average molecular weight is 388 g/mol.